The Bertz CT molecular complexity index is 671. The van der Waals surface area contributed by atoms with E-state index in [9.17, 15) is 9.18 Å². The van der Waals surface area contributed by atoms with Gasteiger partial charge in [-0.3, -0.25) is 9.79 Å². The molecule has 144 valence electrons. The lowest BCUT2D eigenvalue weighted by Gasteiger charge is -2.22. The molecule has 0 atom stereocenters. The Morgan fingerprint density at radius 1 is 1.31 bits per heavy atom. The molecule has 0 bridgehead atoms. The Hall–Kier alpha value is -2.35. The lowest BCUT2D eigenvalue weighted by Crippen LogP contribution is -2.48. The van der Waals surface area contributed by atoms with E-state index in [2.05, 4.69) is 20.9 Å². The molecule has 0 saturated heterocycles. The average molecular weight is 366 g/mol. The van der Waals surface area contributed by atoms with Crippen LogP contribution in [0.3, 0.4) is 0 Å². The van der Waals surface area contributed by atoms with Crippen molar-refractivity contribution in [1.82, 2.24) is 16.0 Å². The number of halogens is 1. The van der Waals surface area contributed by atoms with Gasteiger partial charge in [-0.15, -0.1) is 0 Å². The normalized spacial score (nSPS) is 14.3. The number of nitrogens with zero attached hydrogens (tertiary/aromatic N) is 1. The fourth-order valence-corrected chi connectivity index (χ4v) is 2.61. The molecule has 26 heavy (non-hydrogen) atoms. The monoisotopic (exact) mass is 366 g/mol. The van der Waals surface area contributed by atoms with E-state index in [-0.39, 0.29) is 30.6 Å². The minimum atomic E-state index is -0.311. The number of aliphatic imine (C=N–C) groups is 1. The largest absolute Gasteiger partial charge is 0.467 e. The number of fused-ring (bicyclic) bond motifs is 1. The van der Waals surface area contributed by atoms with Crippen molar-refractivity contribution in [2.75, 3.05) is 26.9 Å². The highest BCUT2D eigenvalue weighted by Gasteiger charge is 2.17. The number of carbonyl (C=O) groups is 1. The van der Waals surface area contributed by atoms with Gasteiger partial charge in [0, 0.05) is 24.7 Å². The maximum Gasteiger partial charge on any atom is 0.239 e. The summed E-state index contributed by atoms with van der Waals surface area (Å²) in [5.74, 6) is 0.762. The summed E-state index contributed by atoms with van der Waals surface area (Å²) < 4.78 is 24.4. The first-order chi connectivity index (χ1) is 12.3. The Labute approximate surface area is 153 Å². The van der Waals surface area contributed by atoms with Gasteiger partial charge in [-0.2, -0.15) is 0 Å². The summed E-state index contributed by atoms with van der Waals surface area (Å²) in [5, 5.41) is 8.93. The van der Waals surface area contributed by atoms with Gasteiger partial charge in [-0.25, -0.2) is 4.39 Å². The Balaban J connectivity index is 1.85. The third-order valence-corrected chi connectivity index (χ3v) is 3.59. The molecular weight excluding hydrogens is 339 g/mol. The van der Waals surface area contributed by atoms with Crippen LogP contribution < -0.4 is 20.7 Å². The van der Waals surface area contributed by atoms with Crippen molar-refractivity contribution in [1.29, 1.82) is 0 Å². The Kier molecular flexibility index (Phi) is 6.79. The van der Waals surface area contributed by atoms with Crippen LogP contribution in [0.1, 0.15) is 31.9 Å². The van der Waals surface area contributed by atoms with E-state index in [1.165, 1.54) is 12.1 Å². The van der Waals surface area contributed by atoms with Crippen LogP contribution in [0.25, 0.3) is 0 Å². The molecule has 1 aliphatic heterocycles. The SMILES string of the molecule is CN=C(NCCc1cc(F)cc2c1OCOC2)NCC(=O)NC(C)(C)C. The summed E-state index contributed by atoms with van der Waals surface area (Å²) in [5.41, 5.74) is 1.21. The van der Waals surface area contributed by atoms with Gasteiger partial charge < -0.3 is 25.4 Å². The first kappa shape index (κ1) is 20.0. The van der Waals surface area contributed by atoms with Gasteiger partial charge >= 0.3 is 0 Å². The molecule has 7 nitrogen and oxygen atoms in total. The second-order valence-electron chi connectivity index (χ2n) is 7.06. The van der Waals surface area contributed by atoms with E-state index < -0.39 is 0 Å². The highest BCUT2D eigenvalue weighted by molar-refractivity contribution is 5.86. The first-order valence-corrected chi connectivity index (χ1v) is 8.56. The highest BCUT2D eigenvalue weighted by atomic mass is 19.1. The van der Waals surface area contributed by atoms with E-state index in [0.717, 1.165) is 5.56 Å². The van der Waals surface area contributed by atoms with Crippen LogP contribution in [0.5, 0.6) is 5.75 Å². The van der Waals surface area contributed by atoms with Gasteiger partial charge in [0.15, 0.2) is 12.8 Å². The fraction of sp³-hybridized carbons (Fsp3) is 0.556. The van der Waals surface area contributed by atoms with Crippen LogP contribution in [0.15, 0.2) is 17.1 Å². The van der Waals surface area contributed by atoms with Gasteiger partial charge in [-0.1, -0.05) is 0 Å². The lowest BCUT2D eigenvalue weighted by atomic mass is 10.1. The summed E-state index contributed by atoms with van der Waals surface area (Å²) >= 11 is 0. The van der Waals surface area contributed by atoms with E-state index in [1.807, 2.05) is 20.8 Å². The van der Waals surface area contributed by atoms with Gasteiger partial charge in [-0.05, 0) is 44.9 Å². The summed E-state index contributed by atoms with van der Waals surface area (Å²) in [7, 11) is 1.63. The van der Waals surface area contributed by atoms with Gasteiger partial charge in [0.2, 0.25) is 5.91 Å². The predicted octanol–water partition coefficient (Wildman–Crippen LogP) is 1.31. The lowest BCUT2D eigenvalue weighted by molar-refractivity contribution is -0.121. The second kappa shape index (κ2) is 8.84. The van der Waals surface area contributed by atoms with Crippen molar-refractivity contribution in [3.8, 4) is 5.75 Å². The Morgan fingerprint density at radius 2 is 2.08 bits per heavy atom. The maximum absolute atomic E-state index is 13.7. The fourth-order valence-electron chi connectivity index (χ4n) is 2.61. The van der Waals surface area contributed by atoms with Crippen LogP contribution in [-0.4, -0.2) is 44.3 Å². The van der Waals surface area contributed by atoms with E-state index in [1.54, 1.807) is 7.05 Å². The summed E-state index contributed by atoms with van der Waals surface area (Å²) in [6.07, 6.45) is 0.551. The van der Waals surface area contributed by atoms with Crippen molar-refractivity contribution in [2.24, 2.45) is 4.99 Å². The molecule has 1 amide bonds. The smallest absolute Gasteiger partial charge is 0.239 e. The zero-order chi connectivity index (χ0) is 19.2. The molecule has 0 aliphatic carbocycles. The van der Waals surface area contributed by atoms with E-state index >= 15 is 0 Å². The third-order valence-electron chi connectivity index (χ3n) is 3.59. The topological polar surface area (TPSA) is 84.0 Å². The number of hydrogen-bond acceptors (Lipinski definition) is 4. The molecule has 0 saturated carbocycles. The van der Waals surface area contributed by atoms with Crippen molar-refractivity contribution < 1.29 is 18.7 Å². The zero-order valence-corrected chi connectivity index (χ0v) is 15.7. The quantitative estimate of drug-likeness (QED) is 0.541. The number of amides is 1. The molecule has 1 heterocycles. The van der Waals surface area contributed by atoms with Gasteiger partial charge in [0.05, 0.1) is 13.2 Å². The van der Waals surface area contributed by atoms with Crippen LogP contribution in [-0.2, 0) is 22.6 Å². The number of carbonyl (C=O) groups excluding carboxylic acids is 1. The molecule has 2 rings (SSSR count). The maximum atomic E-state index is 13.7. The minimum Gasteiger partial charge on any atom is -0.467 e. The van der Waals surface area contributed by atoms with Crippen molar-refractivity contribution >= 4 is 11.9 Å². The third kappa shape index (κ3) is 6.18. The number of guanidine groups is 1. The molecule has 0 unspecified atom stereocenters. The van der Waals surface area contributed by atoms with Gasteiger partial charge in [0.25, 0.3) is 0 Å². The molecule has 1 aliphatic rings. The predicted molar refractivity (Wildman–Crippen MR) is 97.6 cm³/mol. The summed E-state index contributed by atoms with van der Waals surface area (Å²) in [6.45, 7) is 6.92. The number of rotatable bonds is 5. The van der Waals surface area contributed by atoms with Gasteiger partial charge in [0.1, 0.15) is 11.6 Å². The summed E-state index contributed by atoms with van der Waals surface area (Å²) in [6, 6.07) is 2.90. The minimum absolute atomic E-state index is 0.118. The van der Waals surface area contributed by atoms with Crippen molar-refractivity contribution in [3.63, 3.8) is 0 Å². The molecule has 0 aromatic heterocycles. The number of benzene rings is 1. The summed E-state index contributed by atoms with van der Waals surface area (Å²) in [4.78, 5) is 15.9. The standard InChI is InChI=1S/C18H27FN4O3/c1-18(2,3)23-15(24)9-22-17(20-4)21-6-5-12-7-14(19)8-13-10-25-11-26-16(12)13/h7-8H,5-6,9-11H2,1-4H3,(H,23,24)(H2,20,21,22). The highest BCUT2D eigenvalue weighted by Crippen LogP contribution is 2.29. The average Bonchev–Trinajstić information content (AvgIpc) is 2.56. The van der Waals surface area contributed by atoms with E-state index in [0.29, 0.717) is 36.8 Å². The van der Waals surface area contributed by atoms with Crippen LogP contribution in [0.4, 0.5) is 4.39 Å². The molecule has 8 heteroatoms. The number of ether oxygens (including phenoxy) is 2. The Morgan fingerprint density at radius 3 is 2.77 bits per heavy atom. The second-order valence-corrected chi connectivity index (χ2v) is 7.06. The molecule has 0 fully saturated rings. The van der Waals surface area contributed by atoms with Crippen LogP contribution >= 0.6 is 0 Å². The molecule has 3 N–H and O–H groups in total. The van der Waals surface area contributed by atoms with Crippen molar-refractivity contribution in [2.45, 2.75) is 39.3 Å². The number of hydrogen-bond donors (Lipinski definition) is 3. The molecule has 1 aromatic rings. The number of nitrogens with one attached hydrogen (secondary N) is 3. The van der Waals surface area contributed by atoms with Crippen LogP contribution in [0, 0.1) is 5.82 Å². The molecule has 1 aromatic carbocycles. The molecular formula is C18H27FN4O3. The van der Waals surface area contributed by atoms with E-state index in [4.69, 9.17) is 9.47 Å². The van der Waals surface area contributed by atoms with Crippen LogP contribution in [0.2, 0.25) is 0 Å². The van der Waals surface area contributed by atoms with Crippen molar-refractivity contribution in [3.05, 3.63) is 29.1 Å². The zero-order valence-electron chi connectivity index (χ0n) is 15.7. The molecule has 0 spiro atoms. The first-order valence-electron chi connectivity index (χ1n) is 8.56. The molecule has 0 radical (unpaired) electrons.